The minimum Gasteiger partial charge on any atom is -0.302 e. The topological polar surface area (TPSA) is 3.24 Å². The van der Waals surface area contributed by atoms with Gasteiger partial charge in [0.1, 0.15) is 0 Å². The van der Waals surface area contributed by atoms with Crippen LogP contribution in [0.25, 0.3) is 5.57 Å². The maximum absolute atomic E-state index is 2.59. The van der Waals surface area contributed by atoms with E-state index in [4.69, 9.17) is 0 Å². The minimum absolute atomic E-state index is 0.723. The van der Waals surface area contributed by atoms with Crippen LogP contribution in [0.1, 0.15) is 55.2 Å². The van der Waals surface area contributed by atoms with Gasteiger partial charge in [-0.05, 0) is 68.5 Å². The standard InChI is InChI=1S/C18H25N/c1-4-7-14-12-17-15(10-6-11-19(17)3)16-9-5-8-13(2)18(14)16/h5,7-9,15,17H,4,6,10-12H2,1-3H3/b14-7-/t15?,17-/m1/s1. The van der Waals surface area contributed by atoms with Gasteiger partial charge in [0, 0.05) is 12.0 Å². The van der Waals surface area contributed by atoms with Crippen molar-refractivity contribution in [3.8, 4) is 0 Å². The molecule has 1 heteroatoms. The minimum atomic E-state index is 0.723. The van der Waals surface area contributed by atoms with E-state index in [-0.39, 0.29) is 0 Å². The average molecular weight is 255 g/mol. The monoisotopic (exact) mass is 255 g/mol. The Balaban J connectivity index is 2.12. The molecule has 19 heavy (non-hydrogen) atoms. The van der Waals surface area contributed by atoms with Crippen molar-refractivity contribution < 1.29 is 0 Å². The number of piperidine rings is 1. The van der Waals surface area contributed by atoms with E-state index in [9.17, 15) is 0 Å². The highest BCUT2D eigenvalue weighted by Gasteiger charge is 2.36. The fourth-order valence-corrected chi connectivity index (χ4v) is 4.08. The smallest absolute Gasteiger partial charge is 0.0202 e. The van der Waals surface area contributed by atoms with Crippen molar-refractivity contribution in [2.75, 3.05) is 13.6 Å². The molecule has 2 atom stereocenters. The molecule has 0 saturated carbocycles. The summed E-state index contributed by atoms with van der Waals surface area (Å²) in [6.45, 7) is 5.79. The molecule has 3 rings (SSSR count). The molecule has 1 saturated heterocycles. The van der Waals surface area contributed by atoms with Gasteiger partial charge < -0.3 is 4.90 Å². The predicted octanol–water partition coefficient (Wildman–Crippen LogP) is 4.37. The highest BCUT2D eigenvalue weighted by molar-refractivity contribution is 5.74. The Kier molecular flexibility index (Phi) is 3.49. The van der Waals surface area contributed by atoms with Crippen LogP contribution >= 0.6 is 0 Å². The largest absolute Gasteiger partial charge is 0.302 e. The van der Waals surface area contributed by atoms with Crippen molar-refractivity contribution in [2.45, 2.75) is 51.5 Å². The Morgan fingerprint density at radius 1 is 1.37 bits per heavy atom. The number of fused-ring (bicyclic) bond motifs is 3. The van der Waals surface area contributed by atoms with Crippen LogP contribution in [0.2, 0.25) is 0 Å². The summed E-state index contributed by atoms with van der Waals surface area (Å²) in [4.78, 5) is 2.59. The van der Waals surface area contributed by atoms with Gasteiger partial charge >= 0.3 is 0 Å². The first-order valence-electron chi connectivity index (χ1n) is 7.71. The number of likely N-dealkylation sites (tertiary alicyclic amines) is 1. The van der Waals surface area contributed by atoms with Gasteiger partial charge in [0.05, 0.1) is 0 Å². The molecule has 2 aliphatic rings. The number of nitrogens with zero attached hydrogens (tertiary/aromatic N) is 1. The van der Waals surface area contributed by atoms with Gasteiger partial charge in [-0.3, -0.25) is 0 Å². The summed E-state index contributed by atoms with van der Waals surface area (Å²) in [5, 5.41) is 0. The zero-order chi connectivity index (χ0) is 13.4. The molecule has 1 aromatic rings. The molecule has 0 aromatic heterocycles. The molecule has 0 radical (unpaired) electrons. The van der Waals surface area contributed by atoms with E-state index in [0.29, 0.717) is 0 Å². The molecule has 1 nitrogen and oxygen atoms in total. The van der Waals surface area contributed by atoms with E-state index >= 15 is 0 Å². The molecule has 1 aliphatic carbocycles. The van der Waals surface area contributed by atoms with Crippen LogP contribution in [0.15, 0.2) is 24.3 Å². The maximum atomic E-state index is 2.59. The molecule has 1 aliphatic heterocycles. The number of hydrogen-bond donors (Lipinski definition) is 0. The Bertz CT molecular complexity index is 500. The second kappa shape index (κ2) is 5.13. The van der Waals surface area contributed by atoms with Gasteiger partial charge in [-0.25, -0.2) is 0 Å². The van der Waals surface area contributed by atoms with Crippen molar-refractivity contribution >= 4 is 5.57 Å². The van der Waals surface area contributed by atoms with Crippen LogP contribution in [0.4, 0.5) is 0 Å². The summed E-state index contributed by atoms with van der Waals surface area (Å²) in [7, 11) is 2.31. The highest BCUT2D eigenvalue weighted by Crippen LogP contribution is 2.45. The second-order valence-electron chi connectivity index (χ2n) is 6.18. The van der Waals surface area contributed by atoms with Gasteiger partial charge in [0.25, 0.3) is 0 Å². The number of hydrogen-bond acceptors (Lipinski definition) is 1. The molecule has 1 fully saturated rings. The van der Waals surface area contributed by atoms with Crippen molar-refractivity contribution in [2.24, 2.45) is 0 Å². The van der Waals surface area contributed by atoms with Crippen LogP contribution in [0.3, 0.4) is 0 Å². The van der Waals surface area contributed by atoms with Gasteiger partial charge in [-0.2, -0.15) is 0 Å². The lowest BCUT2D eigenvalue weighted by molar-refractivity contribution is 0.159. The van der Waals surface area contributed by atoms with Crippen molar-refractivity contribution in [3.05, 3.63) is 41.0 Å². The van der Waals surface area contributed by atoms with E-state index in [1.165, 1.54) is 31.4 Å². The number of allylic oxidation sites excluding steroid dienone is 1. The Hall–Kier alpha value is -1.08. The Morgan fingerprint density at radius 2 is 2.21 bits per heavy atom. The molecule has 0 spiro atoms. The number of likely N-dealkylation sites (N-methyl/N-ethyl adjacent to an activating group) is 1. The predicted molar refractivity (Wildman–Crippen MR) is 82.5 cm³/mol. The van der Waals surface area contributed by atoms with Gasteiger partial charge in [0.2, 0.25) is 0 Å². The lowest BCUT2D eigenvalue weighted by Crippen LogP contribution is -2.43. The zero-order valence-electron chi connectivity index (χ0n) is 12.4. The summed E-state index contributed by atoms with van der Waals surface area (Å²) in [6, 6.07) is 7.62. The number of rotatable bonds is 1. The summed E-state index contributed by atoms with van der Waals surface area (Å²) in [5.41, 5.74) is 6.23. The lowest BCUT2D eigenvalue weighted by Gasteiger charge is -2.44. The van der Waals surface area contributed by atoms with Crippen LogP contribution in [0.5, 0.6) is 0 Å². The summed E-state index contributed by atoms with van der Waals surface area (Å²) in [6.07, 6.45) is 7.55. The fraction of sp³-hybridized carbons (Fsp3) is 0.556. The molecule has 102 valence electrons. The van der Waals surface area contributed by atoms with Gasteiger partial charge in [-0.1, -0.05) is 31.2 Å². The lowest BCUT2D eigenvalue weighted by atomic mass is 9.71. The van der Waals surface area contributed by atoms with Crippen molar-refractivity contribution in [1.82, 2.24) is 4.90 Å². The normalized spacial score (nSPS) is 29.1. The average Bonchev–Trinajstić information content (AvgIpc) is 2.40. The van der Waals surface area contributed by atoms with Crippen LogP contribution < -0.4 is 0 Å². The summed E-state index contributed by atoms with van der Waals surface area (Å²) < 4.78 is 0. The molecule has 1 unspecified atom stereocenters. The van der Waals surface area contributed by atoms with E-state index in [1.54, 1.807) is 16.7 Å². The van der Waals surface area contributed by atoms with Crippen LogP contribution in [-0.4, -0.2) is 24.5 Å². The van der Waals surface area contributed by atoms with Gasteiger partial charge in [-0.15, -0.1) is 0 Å². The molecular weight excluding hydrogens is 230 g/mol. The van der Waals surface area contributed by atoms with Gasteiger partial charge in [0.15, 0.2) is 0 Å². The third kappa shape index (κ3) is 2.14. The summed E-state index contributed by atoms with van der Waals surface area (Å²) >= 11 is 0. The molecule has 1 aromatic carbocycles. The number of aryl methyl sites for hydroxylation is 1. The van der Waals surface area contributed by atoms with E-state index < -0.39 is 0 Å². The third-order valence-electron chi connectivity index (χ3n) is 4.96. The van der Waals surface area contributed by atoms with E-state index in [2.05, 4.69) is 50.1 Å². The first-order chi connectivity index (χ1) is 9.22. The third-order valence-corrected chi connectivity index (χ3v) is 4.96. The molecule has 0 N–H and O–H groups in total. The number of benzene rings is 1. The zero-order valence-corrected chi connectivity index (χ0v) is 12.4. The Labute approximate surface area is 117 Å². The quantitative estimate of drug-likeness (QED) is 0.720. The van der Waals surface area contributed by atoms with Crippen molar-refractivity contribution in [1.29, 1.82) is 0 Å². The first kappa shape index (κ1) is 12.9. The molecule has 1 heterocycles. The van der Waals surface area contributed by atoms with Crippen molar-refractivity contribution in [3.63, 3.8) is 0 Å². The van der Waals surface area contributed by atoms with E-state index in [0.717, 1.165) is 18.4 Å². The SMILES string of the molecule is CC/C=C1/C[C@@H]2C(CCCN2C)c2cccc(C)c21. The Morgan fingerprint density at radius 3 is 3.00 bits per heavy atom. The van der Waals surface area contributed by atoms with Crippen LogP contribution in [0, 0.1) is 6.92 Å². The fourth-order valence-electron chi connectivity index (χ4n) is 4.08. The molecule has 0 bridgehead atoms. The maximum Gasteiger partial charge on any atom is 0.0202 e. The molecule has 0 amide bonds. The first-order valence-corrected chi connectivity index (χ1v) is 7.71. The summed E-state index contributed by atoms with van der Waals surface area (Å²) in [5.74, 6) is 0.752. The van der Waals surface area contributed by atoms with E-state index in [1.807, 2.05) is 0 Å². The molecular formula is C18H25N. The van der Waals surface area contributed by atoms with Crippen LogP contribution in [-0.2, 0) is 0 Å². The highest BCUT2D eigenvalue weighted by atomic mass is 15.1. The second-order valence-corrected chi connectivity index (χ2v) is 6.18.